The Balaban J connectivity index is 2.83. The summed E-state index contributed by atoms with van der Waals surface area (Å²) in [5, 5.41) is 4.01. The quantitative estimate of drug-likeness (QED) is 0.768. The third-order valence-electron chi connectivity index (χ3n) is 2.17. The Kier molecular flexibility index (Phi) is 5.32. The van der Waals surface area contributed by atoms with Gasteiger partial charge in [-0.2, -0.15) is 11.3 Å². The second-order valence-electron chi connectivity index (χ2n) is 3.27. The number of rotatable bonds is 5. The molecule has 4 heteroatoms. The molecule has 0 radical (unpaired) electrons. The first kappa shape index (κ1) is 12.7. The van der Waals surface area contributed by atoms with Crippen molar-refractivity contribution in [3.8, 4) is 0 Å². The smallest absolute Gasteiger partial charge is 0.313 e. The van der Waals surface area contributed by atoms with Gasteiger partial charge in [-0.05, 0) is 40.2 Å². The Morgan fingerprint density at radius 2 is 2.27 bits per heavy atom. The Bertz CT molecular complexity index is 322. The zero-order valence-electron chi connectivity index (χ0n) is 8.96. The highest BCUT2D eigenvalue weighted by molar-refractivity contribution is 9.10. The van der Waals surface area contributed by atoms with Crippen LogP contribution in [0.15, 0.2) is 15.2 Å². The molecule has 2 nitrogen and oxygen atoms in total. The van der Waals surface area contributed by atoms with E-state index in [0.29, 0.717) is 6.61 Å². The molecule has 0 aliphatic heterocycles. The Morgan fingerprint density at radius 3 is 2.73 bits per heavy atom. The molecule has 0 amide bonds. The predicted molar refractivity (Wildman–Crippen MR) is 66.3 cm³/mol. The zero-order valence-corrected chi connectivity index (χ0v) is 11.4. The molecule has 0 aromatic carbocycles. The molecular formula is C11H15BrO2S. The summed E-state index contributed by atoms with van der Waals surface area (Å²) in [6.45, 7) is 4.36. The number of hydrogen-bond donors (Lipinski definition) is 0. The fourth-order valence-corrected chi connectivity index (χ4v) is 3.10. The van der Waals surface area contributed by atoms with Gasteiger partial charge in [0.1, 0.15) is 0 Å². The fourth-order valence-electron chi connectivity index (χ4n) is 1.47. The van der Waals surface area contributed by atoms with Crippen molar-refractivity contribution in [3.63, 3.8) is 0 Å². The van der Waals surface area contributed by atoms with E-state index in [0.717, 1.165) is 22.9 Å². The molecule has 0 fully saturated rings. The van der Waals surface area contributed by atoms with E-state index in [-0.39, 0.29) is 11.9 Å². The van der Waals surface area contributed by atoms with E-state index in [4.69, 9.17) is 4.74 Å². The summed E-state index contributed by atoms with van der Waals surface area (Å²) in [6.07, 6.45) is 1.82. The molecule has 1 rings (SSSR count). The van der Waals surface area contributed by atoms with Crippen LogP contribution in [0.1, 0.15) is 38.2 Å². The summed E-state index contributed by atoms with van der Waals surface area (Å²) in [6, 6.07) is 0. The molecule has 1 aromatic rings. The molecule has 0 aliphatic carbocycles. The summed E-state index contributed by atoms with van der Waals surface area (Å²) in [7, 11) is 0. The van der Waals surface area contributed by atoms with Crippen LogP contribution >= 0.6 is 27.3 Å². The van der Waals surface area contributed by atoms with Gasteiger partial charge in [0.15, 0.2) is 0 Å². The number of hydrogen-bond acceptors (Lipinski definition) is 3. The molecule has 0 spiro atoms. The molecule has 15 heavy (non-hydrogen) atoms. The van der Waals surface area contributed by atoms with Gasteiger partial charge in [-0.1, -0.05) is 13.3 Å². The van der Waals surface area contributed by atoms with Gasteiger partial charge in [0, 0.05) is 9.85 Å². The lowest BCUT2D eigenvalue weighted by atomic mass is 9.97. The van der Waals surface area contributed by atoms with E-state index in [9.17, 15) is 4.79 Å². The monoisotopic (exact) mass is 290 g/mol. The minimum Gasteiger partial charge on any atom is -0.466 e. The average Bonchev–Trinajstić information content (AvgIpc) is 2.61. The third-order valence-corrected chi connectivity index (χ3v) is 3.92. The molecule has 0 saturated heterocycles. The van der Waals surface area contributed by atoms with Crippen molar-refractivity contribution in [2.24, 2.45) is 0 Å². The minimum atomic E-state index is -0.115. The minimum absolute atomic E-state index is 0.113. The summed E-state index contributed by atoms with van der Waals surface area (Å²) < 4.78 is 6.09. The van der Waals surface area contributed by atoms with Crippen LogP contribution in [0.2, 0.25) is 0 Å². The van der Waals surface area contributed by atoms with Gasteiger partial charge in [-0.3, -0.25) is 4.79 Å². The topological polar surface area (TPSA) is 26.3 Å². The molecule has 0 saturated carbocycles. The van der Waals surface area contributed by atoms with Crippen LogP contribution in [0.4, 0.5) is 0 Å². The van der Waals surface area contributed by atoms with Gasteiger partial charge < -0.3 is 4.74 Å². The van der Waals surface area contributed by atoms with E-state index in [1.807, 2.05) is 17.7 Å². The second-order valence-corrected chi connectivity index (χ2v) is 4.87. The van der Waals surface area contributed by atoms with E-state index in [1.165, 1.54) is 0 Å². The SMILES string of the molecule is CCCC(C(=O)OCC)c1cscc1Br. The molecule has 0 bridgehead atoms. The van der Waals surface area contributed by atoms with Crippen molar-refractivity contribution in [1.29, 1.82) is 0 Å². The van der Waals surface area contributed by atoms with E-state index in [2.05, 4.69) is 22.9 Å². The number of halogens is 1. The van der Waals surface area contributed by atoms with Crippen molar-refractivity contribution < 1.29 is 9.53 Å². The molecular weight excluding hydrogens is 276 g/mol. The Hall–Kier alpha value is -0.350. The maximum absolute atomic E-state index is 11.7. The number of thiophene rings is 1. The summed E-state index contributed by atoms with van der Waals surface area (Å²) in [4.78, 5) is 11.7. The number of carbonyl (C=O) groups is 1. The van der Waals surface area contributed by atoms with Crippen LogP contribution in [0.5, 0.6) is 0 Å². The lowest BCUT2D eigenvalue weighted by Gasteiger charge is -2.14. The first-order valence-corrected chi connectivity index (χ1v) is 6.82. The van der Waals surface area contributed by atoms with Gasteiger partial charge >= 0.3 is 5.97 Å². The maximum Gasteiger partial charge on any atom is 0.313 e. The molecule has 1 atom stereocenters. The highest BCUT2D eigenvalue weighted by Gasteiger charge is 2.23. The molecule has 1 unspecified atom stereocenters. The molecule has 1 heterocycles. The largest absolute Gasteiger partial charge is 0.466 e. The first-order valence-electron chi connectivity index (χ1n) is 5.08. The highest BCUT2D eigenvalue weighted by atomic mass is 79.9. The lowest BCUT2D eigenvalue weighted by molar-refractivity contribution is -0.145. The summed E-state index contributed by atoms with van der Waals surface area (Å²) in [5.41, 5.74) is 1.06. The van der Waals surface area contributed by atoms with Gasteiger partial charge in [0.25, 0.3) is 0 Å². The van der Waals surface area contributed by atoms with Crippen LogP contribution < -0.4 is 0 Å². The van der Waals surface area contributed by atoms with Crippen molar-refractivity contribution in [2.45, 2.75) is 32.6 Å². The van der Waals surface area contributed by atoms with Crippen LogP contribution in [0.25, 0.3) is 0 Å². The Labute approximate surface area is 103 Å². The summed E-state index contributed by atoms with van der Waals surface area (Å²) >= 11 is 5.06. The maximum atomic E-state index is 11.7. The molecule has 1 aromatic heterocycles. The van der Waals surface area contributed by atoms with Gasteiger partial charge in [-0.15, -0.1) is 0 Å². The van der Waals surface area contributed by atoms with Crippen molar-refractivity contribution >= 4 is 33.2 Å². The van der Waals surface area contributed by atoms with Gasteiger partial charge in [0.05, 0.1) is 12.5 Å². The Morgan fingerprint density at radius 1 is 1.53 bits per heavy atom. The van der Waals surface area contributed by atoms with Crippen molar-refractivity contribution in [2.75, 3.05) is 6.61 Å². The fraction of sp³-hybridized carbons (Fsp3) is 0.545. The molecule has 0 N–H and O–H groups in total. The van der Waals surface area contributed by atoms with E-state index < -0.39 is 0 Å². The average molecular weight is 291 g/mol. The molecule has 84 valence electrons. The number of ether oxygens (including phenoxy) is 1. The zero-order chi connectivity index (χ0) is 11.3. The van der Waals surface area contributed by atoms with Crippen LogP contribution in [0.3, 0.4) is 0 Å². The van der Waals surface area contributed by atoms with Crippen molar-refractivity contribution in [1.82, 2.24) is 0 Å². The van der Waals surface area contributed by atoms with Crippen LogP contribution in [0, 0.1) is 0 Å². The number of esters is 1. The second kappa shape index (κ2) is 6.28. The van der Waals surface area contributed by atoms with E-state index in [1.54, 1.807) is 11.3 Å². The lowest BCUT2D eigenvalue weighted by Crippen LogP contribution is -2.15. The van der Waals surface area contributed by atoms with Crippen LogP contribution in [-0.2, 0) is 9.53 Å². The highest BCUT2D eigenvalue weighted by Crippen LogP contribution is 2.32. The van der Waals surface area contributed by atoms with Gasteiger partial charge in [-0.25, -0.2) is 0 Å². The number of carbonyl (C=O) groups excluding carboxylic acids is 1. The first-order chi connectivity index (χ1) is 7.20. The third kappa shape index (κ3) is 3.31. The molecule has 0 aliphatic rings. The van der Waals surface area contributed by atoms with Crippen molar-refractivity contribution in [3.05, 3.63) is 20.8 Å². The summed E-state index contributed by atoms with van der Waals surface area (Å²) in [5.74, 6) is -0.228. The standard InChI is InChI=1S/C11H15BrO2S/c1-3-5-8(11(13)14-4-2)9-6-15-7-10(9)12/h6-8H,3-5H2,1-2H3. The van der Waals surface area contributed by atoms with Crippen LogP contribution in [-0.4, -0.2) is 12.6 Å². The van der Waals surface area contributed by atoms with E-state index >= 15 is 0 Å². The predicted octanol–water partition coefficient (Wildman–Crippen LogP) is 3.96. The normalized spacial score (nSPS) is 12.5. The van der Waals surface area contributed by atoms with Gasteiger partial charge in [0.2, 0.25) is 0 Å².